The summed E-state index contributed by atoms with van der Waals surface area (Å²) in [5.74, 6) is 0.249. The van der Waals surface area contributed by atoms with Crippen LogP contribution < -0.4 is 15.8 Å². The van der Waals surface area contributed by atoms with Gasteiger partial charge in [-0.25, -0.2) is 0 Å². The highest BCUT2D eigenvalue weighted by molar-refractivity contribution is 6.31. The minimum atomic E-state index is -0.257. The van der Waals surface area contributed by atoms with E-state index in [4.69, 9.17) is 22.1 Å². The van der Waals surface area contributed by atoms with Gasteiger partial charge < -0.3 is 15.8 Å². The van der Waals surface area contributed by atoms with Crippen LogP contribution in [0.5, 0.6) is 5.75 Å². The van der Waals surface area contributed by atoms with Crippen LogP contribution in [0.25, 0.3) is 0 Å². The number of aromatic nitrogens is 1. The van der Waals surface area contributed by atoms with Gasteiger partial charge in [-0.05, 0) is 30.7 Å². The highest BCUT2D eigenvalue weighted by Crippen LogP contribution is 2.31. The van der Waals surface area contributed by atoms with Gasteiger partial charge in [-0.2, -0.15) is 0 Å². The largest absolute Gasteiger partial charge is 0.495 e. The average Bonchev–Trinajstić information content (AvgIpc) is 2.50. The van der Waals surface area contributed by atoms with E-state index in [0.29, 0.717) is 27.7 Å². The molecule has 5 nitrogen and oxygen atoms in total. The number of hydrogen-bond acceptors (Lipinski definition) is 4. The van der Waals surface area contributed by atoms with Crippen LogP contribution in [-0.4, -0.2) is 18.0 Å². The second-order valence-corrected chi connectivity index (χ2v) is 4.90. The zero-order chi connectivity index (χ0) is 15.4. The van der Waals surface area contributed by atoms with Crippen molar-refractivity contribution in [1.29, 1.82) is 0 Å². The molecule has 1 heterocycles. The summed E-state index contributed by atoms with van der Waals surface area (Å²) in [5.41, 5.74) is 8.08. The maximum atomic E-state index is 12.3. The molecule has 0 aliphatic rings. The summed E-state index contributed by atoms with van der Waals surface area (Å²) in [6.45, 7) is 2.14. The number of aryl methyl sites for hydroxylation is 1. The Bertz CT molecular complexity index is 674. The zero-order valence-electron chi connectivity index (χ0n) is 11.8. The van der Waals surface area contributed by atoms with Gasteiger partial charge in [0.1, 0.15) is 5.75 Å². The summed E-state index contributed by atoms with van der Waals surface area (Å²) in [5, 5.41) is 3.39. The van der Waals surface area contributed by atoms with Gasteiger partial charge in [-0.3, -0.25) is 9.78 Å². The molecule has 0 aliphatic heterocycles. The monoisotopic (exact) mass is 305 g/mol. The van der Waals surface area contributed by atoms with Gasteiger partial charge in [-0.15, -0.1) is 0 Å². The summed E-state index contributed by atoms with van der Waals surface area (Å²) in [6, 6.07) is 6.72. The third kappa shape index (κ3) is 3.51. The minimum Gasteiger partial charge on any atom is -0.495 e. The highest BCUT2D eigenvalue weighted by Gasteiger charge is 2.12. The number of ether oxygens (including phenoxy) is 1. The second kappa shape index (κ2) is 6.56. The van der Waals surface area contributed by atoms with E-state index in [0.717, 1.165) is 5.56 Å². The van der Waals surface area contributed by atoms with E-state index in [1.165, 1.54) is 7.11 Å². The molecule has 0 radical (unpaired) electrons. The first-order valence-corrected chi connectivity index (χ1v) is 6.73. The summed E-state index contributed by atoms with van der Waals surface area (Å²) in [6.07, 6.45) is 1.56. The van der Waals surface area contributed by atoms with Crippen molar-refractivity contribution >= 4 is 23.2 Å². The molecule has 21 heavy (non-hydrogen) atoms. The normalized spacial score (nSPS) is 10.3. The van der Waals surface area contributed by atoms with E-state index in [2.05, 4.69) is 10.3 Å². The molecule has 0 saturated carbocycles. The highest BCUT2D eigenvalue weighted by atomic mass is 35.5. The molecule has 0 fully saturated rings. The van der Waals surface area contributed by atoms with Crippen LogP contribution in [0, 0.1) is 6.92 Å². The number of anilines is 1. The van der Waals surface area contributed by atoms with Crippen LogP contribution >= 0.6 is 11.6 Å². The maximum Gasteiger partial charge on any atom is 0.255 e. The molecule has 0 unspecified atom stereocenters. The van der Waals surface area contributed by atoms with Crippen LogP contribution in [0.1, 0.15) is 21.6 Å². The Kier molecular flexibility index (Phi) is 4.77. The first-order valence-electron chi connectivity index (χ1n) is 6.35. The fourth-order valence-electron chi connectivity index (χ4n) is 1.86. The van der Waals surface area contributed by atoms with Crippen molar-refractivity contribution in [2.45, 2.75) is 13.5 Å². The lowest BCUT2D eigenvalue weighted by atomic mass is 10.1. The predicted molar refractivity (Wildman–Crippen MR) is 82.8 cm³/mol. The van der Waals surface area contributed by atoms with Crippen LogP contribution in [0.3, 0.4) is 0 Å². The Morgan fingerprint density at radius 2 is 2.19 bits per heavy atom. The Hall–Kier alpha value is -2.11. The van der Waals surface area contributed by atoms with Gasteiger partial charge in [0.2, 0.25) is 0 Å². The van der Waals surface area contributed by atoms with Gasteiger partial charge in [0, 0.05) is 29.4 Å². The molecule has 2 rings (SSSR count). The fourth-order valence-corrected chi connectivity index (χ4v) is 2.01. The molecular formula is C15H16ClN3O2. The number of rotatable bonds is 4. The van der Waals surface area contributed by atoms with Crippen LogP contribution in [0.15, 0.2) is 30.5 Å². The molecule has 1 amide bonds. The van der Waals surface area contributed by atoms with E-state index in [-0.39, 0.29) is 12.5 Å². The number of halogens is 1. The lowest BCUT2D eigenvalue weighted by Crippen LogP contribution is -2.14. The molecule has 0 aliphatic carbocycles. The van der Waals surface area contributed by atoms with Crippen molar-refractivity contribution < 1.29 is 9.53 Å². The molecule has 110 valence electrons. The minimum absolute atomic E-state index is 0.257. The molecule has 0 bridgehead atoms. The van der Waals surface area contributed by atoms with Crippen molar-refractivity contribution in [3.05, 3.63) is 52.3 Å². The number of nitrogens with zero attached hydrogens (tertiary/aromatic N) is 1. The van der Waals surface area contributed by atoms with E-state index in [9.17, 15) is 4.79 Å². The zero-order valence-corrected chi connectivity index (χ0v) is 12.6. The van der Waals surface area contributed by atoms with Crippen molar-refractivity contribution in [1.82, 2.24) is 4.98 Å². The Morgan fingerprint density at radius 1 is 1.43 bits per heavy atom. The number of nitrogens with two attached hydrogens (primary N) is 1. The smallest absolute Gasteiger partial charge is 0.255 e. The summed E-state index contributed by atoms with van der Waals surface area (Å²) < 4.78 is 5.23. The van der Waals surface area contributed by atoms with Gasteiger partial charge in [-0.1, -0.05) is 11.6 Å². The predicted octanol–water partition coefficient (Wildman–Crippen LogP) is 2.76. The number of carbonyl (C=O) groups excluding carboxylic acids is 1. The molecule has 0 saturated heterocycles. The molecule has 3 N–H and O–H groups in total. The van der Waals surface area contributed by atoms with Crippen molar-refractivity contribution in [2.24, 2.45) is 5.73 Å². The molecule has 0 atom stereocenters. The Morgan fingerprint density at radius 3 is 2.86 bits per heavy atom. The molecular weight excluding hydrogens is 290 g/mol. The molecule has 2 aromatic rings. The number of pyridine rings is 1. The summed E-state index contributed by atoms with van der Waals surface area (Å²) in [7, 11) is 1.52. The van der Waals surface area contributed by atoms with Gasteiger partial charge in [0.15, 0.2) is 0 Å². The average molecular weight is 306 g/mol. The summed E-state index contributed by atoms with van der Waals surface area (Å²) in [4.78, 5) is 16.3. The number of benzene rings is 1. The molecule has 6 heteroatoms. The maximum absolute atomic E-state index is 12.3. The van der Waals surface area contributed by atoms with E-state index in [1.807, 2.05) is 6.92 Å². The second-order valence-electron chi connectivity index (χ2n) is 4.50. The molecule has 1 aromatic carbocycles. The van der Waals surface area contributed by atoms with Crippen molar-refractivity contribution in [2.75, 3.05) is 12.4 Å². The Balaban J connectivity index is 2.28. The number of amides is 1. The van der Waals surface area contributed by atoms with E-state index < -0.39 is 0 Å². The molecule has 0 spiro atoms. The first-order chi connectivity index (χ1) is 10.0. The summed E-state index contributed by atoms with van der Waals surface area (Å²) >= 11 is 6.04. The quantitative estimate of drug-likeness (QED) is 0.910. The van der Waals surface area contributed by atoms with E-state index >= 15 is 0 Å². The van der Waals surface area contributed by atoms with Crippen LogP contribution in [0.4, 0.5) is 5.69 Å². The lowest BCUT2D eigenvalue weighted by molar-refractivity contribution is 0.102. The fraction of sp³-hybridized carbons (Fsp3) is 0.200. The number of carbonyl (C=O) groups is 1. The Labute approximate surface area is 128 Å². The number of hydrogen-bond donors (Lipinski definition) is 2. The lowest BCUT2D eigenvalue weighted by Gasteiger charge is -2.12. The van der Waals surface area contributed by atoms with Crippen LogP contribution in [-0.2, 0) is 6.54 Å². The number of methoxy groups -OCH3 is 1. The van der Waals surface area contributed by atoms with Crippen LogP contribution in [0.2, 0.25) is 5.02 Å². The van der Waals surface area contributed by atoms with Gasteiger partial charge in [0.25, 0.3) is 5.91 Å². The third-order valence-corrected chi connectivity index (χ3v) is 3.42. The van der Waals surface area contributed by atoms with Crippen molar-refractivity contribution in [3.8, 4) is 5.75 Å². The van der Waals surface area contributed by atoms with Gasteiger partial charge >= 0.3 is 0 Å². The van der Waals surface area contributed by atoms with Crippen molar-refractivity contribution in [3.63, 3.8) is 0 Å². The number of nitrogens with one attached hydrogen (secondary N) is 1. The SMILES string of the molecule is COc1cc(Cl)c(C)cc1NC(=O)c1ccnc(CN)c1. The van der Waals surface area contributed by atoms with E-state index in [1.54, 1.807) is 30.5 Å². The molecule has 1 aromatic heterocycles. The van der Waals surface area contributed by atoms with Gasteiger partial charge in [0.05, 0.1) is 18.5 Å². The first kappa shape index (κ1) is 15.3. The standard InChI is InChI=1S/C15H16ClN3O2/c1-9-5-13(14(21-2)7-12(9)16)19-15(20)10-3-4-18-11(6-10)8-17/h3-7H,8,17H2,1-2H3,(H,19,20). The topological polar surface area (TPSA) is 77.2 Å². The third-order valence-electron chi connectivity index (χ3n) is 3.02.